The number of unbranched alkanes of at least 4 members (excludes halogenated alkanes) is 1. The molecule has 0 spiro atoms. The molecule has 0 saturated heterocycles. The minimum Gasteiger partial charge on any atom is -0.458 e. The van der Waals surface area contributed by atoms with Gasteiger partial charge in [0, 0.05) is 0 Å². The van der Waals surface area contributed by atoms with Crippen molar-refractivity contribution in [1.82, 2.24) is 0 Å². The third kappa shape index (κ3) is 3.73. The molecular weight excluding hydrogens is 370 g/mol. The fourth-order valence-electron chi connectivity index (χ4n) is 5.59. The number of hydrogen-bond donors (Lipinski definition) is 2. The molecule has 0 aromatic rings. The first kappa shape index (κ1) is 20.3. The van der Waals surface area contributed by atoms with Gasteiger partial charge in [0.15, 0.2) is 6.61 Å². The van der Waals surface area contributed by atoms with Crippen molar-refractivity contribution in [3.05, 3.63) is 0 Å². The third-order valence-corrected chi connectivity index (χ3v) is 7.02. The molecule has 4 aliphatic rings. The highest BCUT2D eigenvalue weighted by atomic mass is 32.2. The number of carbonyl (C=O) groups is 1. The van der Waals surface area contributed by atoms with Crippen LogP contribution in [0, 0.1) is 23.2 Å². The molecular formula is C17H26F2O6S. The molecule has 9 heteroatoms. The lowest BCUT2D eigenvalue weighted by Gasteiger charge is -2.62. The quantitative estimate of drug-likeness (QED) is 0.264. The molecule has 4 rings (SSSR count). The number of alkyl halides is 2. The summed E-state index contributed by atoms with van der Waals surface area (Å²) in [7, 11) is 0. The first-order valence-electron chi connectivity index (χ1n) is 9.18. The van der Waals surface area contributed by atoms with Crippen LogP contribution in [0.3, 0.4) is 0 Å². The number of ether oxygens (including phenoxy) is 1. The second kappa shape index (κ2) is 7.50. The van der Waals surface area contributed by atoms with Crippen molar-refractivity contribution in [2.24, 2.45) is 23.2 Å². The van der Waals surface area contributed by atoms with Crippen LogP contribution in [-0.2, 0) is 18.9 Å². The molecule has 0 aliphatic heterocycles. The summed E-state index contributed by atoms with van der Waals surface area (Å²) in [6, 6.07) is 0. The van der Waals surface area contributed by atoms with Crippen molar-refractivity contribution < 1.29 is 38.0 Å². The number of rotatable bonds is 9. The first-order chi connectivity index (χ1) is 12.2. The third-order valence-electron chi connectivity index (χ3n) is 6.52. The lowest BCUT2D eigenvalue weighted by atomic mass is 9.44. The number of carbonyl (C=O) groups excluding carboxylic acids is 1. The van der Waals surface area contributed by atoms with E-state index < -0.39 is 40.9 Å². The zero-order valence-corrected chi connectivity index (χ0v) is 15.6. The lowest BCUT2D eigenvalue weighted by Crippen LogP contribution is -2.63. The van der Waals surface area contributed by atoms with Crippen molar-refractivity contribution in [3.8, 4) is 0 Å². The summed E-state index contributed by atoms with van der Waals surface area (Å²) in [5.41, 5.74) is -1.49. The van der Waals surface area contributed by atoms with Gasteiger partial charge in [0.2, 0.25) is 0 Å². The van der Waals surface area contributed by atoms with Gasteiger partial charge in [0.1, 0.15) is 12.0 Å². The zero-order valence-electron chi connectivity index (χ0n) is 14.8. The van der Waals surface area contributed by atoms with E-state index >= 15 is 0 Å². The van der Waals surface area contributed by atoms with Crippen LogP contribution in [0.25, 0.3) is 0 Å². The summed E-state index contributed by atoms with van der Waals surface area (Å²) in [5.74, 6) is -0.190. The van der Waals surface area contributed by atoms with Gasteiger partial charge in [-0.25, -0.2) is 5.26 Å². The largest absolute Gasteiger partial charge is 0.458 e. The molecule has 0 radical (unpaired) electrons. The highest BCUT2D eigenvalue weighted by Crippen LogP contribution is 2.65. The van der Waals surface area contributed by atoms with Crippen molar-refractivity contribution in [2.45, 2.75) is 69.1 Å². The van der Waals surface area contributed by atoms with Crippen LogP contribution in [0.1, 0.15) is 58.3 Å². The van der Waals surface area contributed by atoms with Gasteiger partial charge in [0.25, 0.3) is 0 Å². The van der Waals surface area contributed by atoms with Crippen LogP contribution in [0.15, 0.2) is 0 Å². The normalized spacial score (nSPS) is 38.6. The maximum atomic E-state index is 13.5. The van der Waals surface area contributed by atoms with Crippen LogP contribution in [0.5, 0.6) is 0 Å². The Hall–Kier alpha value is -0.480. The molecule has 4 fully saturated rings. The van der Waals surface area contributed by atoms with E-state index in [4.69, 9.17) is 9.99 Å². The molecule has 26 heavy (non-hydrogen) atoms. The SMILES string of the molecule is CCCCC1(O)C2CC3CC1CC(C(=O)OCC(F)(F)SOOO)(C3)C2. The molecule has 4 bridgehead atoms. The van der Waals surface area contributed by atoms with Gasteiger partial charge in [-0.1, -0.05) is 24.8 Å². The average molecular weight is 396 g/mol. The highest BCUT2D eigenvalue weighted by Gasteiger charge is 2.64. The minimum absolute atomic E-state index is 0.0360. The topological polar surface area (TPSA) is 85.2 Å². The smallest absolute Gasteiger partial charge is 0.354 e. The van der Waals surface area contributed by atoms with E-state index in [2.05, 4.69) is 16.3 Å². The van der Waals surface area contributed by atoms with Gasteiger partial charge in [-0.15, -0.1) is 4.33 Å². The Morgan fingerprint density at radius 2 is 1.92 bits per heavy atom. The van der Waals surface area contributed by atoms with Crippen LogP contribution < -0.4 is 0 Å². The summed E-state index contributed by atoms with van der Waals surface area (Å²) >= 11 is -0.416. The predicted octanol–water partition coefficient (Wildman–Crippen LogP) is 3.94. The van der Waals surface area contributed by atoms with Gasteiger partial charge in [-0.2, -0.15) is 8.78 Å². The Morgan fingerprint density at radius 3 is 2.50 bits per heavy atom. The predicted molar refractivity (Wildman–Crippen MR) is 88.8 cm³/mol. The van der Waals surface area contributed by atoms with Crippen LogP contribution >= 0.6 is 12.0 Å². The maximum Gasteiger partial charge on any atom is 0.354 e. The molecule has 2 unspecified atom stereocenters. The monoisotopic (exact) mass is 396 g/mol. The van der Waals surface area contributed by atoms with Crippen molar-refractivity contribution in [1.29, 1.82) is 0 Å². The number of esters is 1. The Morgan fingerprint density at radius 1 is 1.27 bits per heavy atom. The Balaban J connectivity index is 1.65. The van der Waals surface area contributed by atoms with E-state index in [1.807, 2.05) is 0 Å². The fraction of sp³-hybridized carbons (Fsp3) is 0.941. The van der Waals surface area contributed by atoms with E-state index in [1.54, 1.807) is 0 Å². The fourth-order valence-corrected chi connectivity index (χ4v) is 5.82. The molecule has 0 aromatic heterocycles. The average Bonchev–Trinajstić information content (AvgIpc) is 2.60. The van der Waals surface area contributed by atoms with Gasteiger partial charge in [0.05, 0.1) is 11.0 Å². The van der Waals surface area contributed by atoms with Crippen LogP contribution in [0.4, 0.5) is 8.78 Å². The zero-order chi connectivity index (χ0) is 19.0. The Bertz CT molecular complexity index is 515. The molecule has 0 heterocycles. The molecule has 4 aliphatic carbocycles. The van der Waals surface area contributed by atoms with Gasteiger partial charge >= 0.3 is 11.2 Å². The highest BCUT2D eigenvalue weighted by molar-refractivity contribution is 7.95. The van der Waals surface area contributed by atoms with Crippen molar-refractivity contribution >= 4 is 18.0 Å². The summed E-state index contributed by atoms with van der Waals surface area (Å²) in [6.07, 6.45) is 6.16. The standard InChI is InChI=1S/C17H26F2O6S/c1-2-3-4-16(21)12-5-11-6-13(16)9-15(7-11,8-12)14(20)23-10-17(18,19)26-25-24-22/h11-13,21-22H,2-10H2,1H3. The van der Waals surface area contributed by atoms with Crippen LogP contribution in [0.2, 0.25) is 0 Å². The molecule has 150 valence electrons. The summed E-state index contributed by atoms with van der Waals surface area (Å²) in [5, 5.41) is 18.8. The van der Waals surface area contributed by atoms with E-state index in [0.717, 1.165) is 32.1 Å². The molecule has 2 N–H and O–H groups in total. The molecule has 0 aromatic carbocycles. The minimum atomic E-state index is -3.53. The summed E-state index contributed by atoms with van der Waals surface area (Å²) in [6.45, 7) is 0.934. The molecule has 2 atom stereocenters. The number of aliphatic hydroxyl groups is 1. The molecule has 0 amide bonds. The van der Waals surface area contributed by atoms with Crippen molar-refractivity contribution in [3.63, 3.8) is 0 Å². The van der Waals surface area contributed by atoms with E-state index in [9.17, 15) is 18.7 Å². The van der Waals surface area contributed by atoms with Gasteiger partial charge < -0.3 is 9.84 Å². The molecule has 4 saturated carbocycles. The van der Waals surface area contributed by atoms with Crippen LogP contribution in [-0.4, -0.2) is 33.8 Å². The maximum absolute atomic E-state index is 13.5. The lowest BCUT2D eigenvalue weighted by molar-refractivity contribution is -0.433. The second-order valence-corrected chi connectivity index (χ2v) is 9.06. The second-order valence-electron chi connectivity index (χ2n) is 8.16. The number of hydrogen-bond acceptors (Lipinski definition) is 7. The number of halogens is 2. The van der Waals surface area contributed by atoms with E-state index in [-0.39, 0.29) is 11.8 Å². The summed E-state index contributed by atoms with van der Waals surface area (Å²) < 4.78 is 35.7. The van der Waals surface area contributed by atoms with E-state index in [0.29, 0.717) is 25.2 Å². The Labute approximate surface area is 155 Å². The molecule has 6 nitrogen and oxygen atoms in total. The Kier molecular flexibility index (Phi) is 5.85. The van der Waals surface area contributed by atoms with Gasteiger partial charge in [-0.3, -0.25) is 4.79 Å². The van der Waals surface area contributed by atoms with E-state index in [1.165, 1.54) is 0 Å². The first-order valence-corrected chi connectivity index (χ1v) is 9.92. The van der Waals surface area contributed by atoms with Crippen molar-refractivity contribution in [2.75, 3.05) is 6.61 Å². The summed E-state index contributed by atoms with van der Waals surface area (Å²) in [4.78, 5) is 12.7. The van der Waals surface area contributed by atoms with Gasteiger partial charge in [-0.05, 0) is 56.3 Å².